The molecule has 0 aliphatic rings. The summed E-state index contributed by atoms with van der Waals surface area (Å²) < 4.78 is 5.37. The Morgan fingerprint density at radius 3 is 2.12 bits per heavy atom. The van der Waals surface area contributed by atoms with Gasteiger partial charge in [-0.15, -0.1) is 0 Å². The third kappa shape index (κ3) is 5.35. The van der Waals surface area contributed by atoms with Gasteiger partial charge in [0.25, 0.3) is 5.91 Å². The van der Waals surface area contributed by atoms with Crippen molar-refractivity contribution in [1.82, 2.24) is 0 Å². The molecule has 25 heavy (non-hydrogen) atoms. The zero-order chi connectivity index (χ0) is 18.4. The maximum atomic E-state index is 12.3. The summed E-state index contributed by atoms with van der Waals surface area (Å²) in [6.07, 6.45) is 0. The van der Waals surface area contributed by atoms with Crippen LogP contribution in [0.25, 0.3) is 0 Å². The van der Waals surface area contributed by atoms with Crippen molar-refractivity contribution in [3.05, 3.63) is 54.1 Å². The number of carbonyl (C=O) groups excluding carboxylic acids is 2. The molecular weight excluding hydrogens is 316 g/mol. The summed E-state index contributed by atoms with van der Waals surface area (Å²) in [7, 11) is 0. The summed E-state index contributed by atoms with van der Waals surface area (Å²) in [5.41, 5.74) is 1.31. The molecule has 0 fully saturated rings. The summed E-state index contributed by atoms with van der Waals surface area (Å²) >= 11 is 0. The van der Waals surface area contributed by atoms with Gasteiger partial charge in [-0.25, -0.2) is 0 Å². The molecule has 2 aromatic carbocycles. The van der Waals surface area contributed by atoms with Crippen molar-refractivity contribution in [2.24, 2.45) is 5.41 Å². The first-order valence-electron chi connectivity index (χ1n) is 8.25. The Bertz CT molecular complexity index is 746. The number of anilines is 2. The van der Waals surface area contributed by atoms with E-state index in [-0.39, 0.29) is 11.8 Å². The Morgan fingerprint density at radius 2 is 1.56 bits per heavy atom. The lowest BCUT2D eigenvalue weighted by molar-refractivity contribution is -0.123. The molecule has 2 amide bonds. The van der Waals surface area contributed by atoms with Crippen LogP contribution < -0.4 is 15.4 Å². The van der Waals surface area contributed by atoms with Crippen LogP contribution in [0.15, 0.2) is 48.5 Å². The fourth-order valence-corrected chi connectivity index (χ4v) is 2.07. The van der Waals surface area contributed by atoms with Crippen molar-refractivity contribution in [3.8, 4) is 5.75 Å². The Balaban J connectivity index is 2.06. The van der Waals surface area contributed by atoms with Crippen molar-refractivity contribution >= 4 is 23.2 Å². The normalized spacial score (nSPS) is 10.9. The van der Waals surface area contributed by atoms with E-state index in [0.29, 0.717) is 23.5 Å². The molecule has 2 aromatic rings. The monoisotopic (exact) mass is 340 g/mol. The average molecular weight is 340 g/mol. The molecule has 0 aliphatic heterocycles. The zero-order valence-electron chi connectivity index (χ0n) is 15.1. The molecule has 0 aliphatic carbocycles. The van der Waals surface area contributed by atoms with E-state index in [1.807, 2.05) is 27.7 Å². The molecule has 5 nitrogen and oxygen atoms in total. The highest BCUT2D eigenvalue weighted by Gasteiger charge is 2.21. The second kappa shape index (κ2) is 7.83. The first-order valence-corrected chi connectivity index (χ1v) is 8.25. The fraction of sp³-hybridized carbons (Fsp3) is 0.300. The number of hydrogen-bond donors (Lipinski definition) is 2. The fourth-order valence-electron chi connectivity index (χ4n) is 2.07. The van der Waals surface area contributed by atoms with Crippen LogP contribution in [0.1, 0.15) is 38.1 Å². The Morgan fingerprint density at radius 1 is 0.960 bits per heavy atom. The number of benzene rings is 2. The van der Waals surface area contributed by atoms with E-state index in [1.165, 1.54) is 0 Å². The smallest absolute Gasteiger partial charge is 0.255 e. The highest BCUT2D eigenvalue weighted by atomic mass is 16.5. The molecular formula is C20H24N2O3. The highest BCUT2D eigenvalue weighted by Crippen LogP contribution is 2.21. The van der Waals surface area contributed by atoms with Crippen LogP contribution in [0, 0.1) is 5.41 Å². The zero-order valence-corrected chi connectivity index (χ0v) is 15.1. The minimum atomic E-state index is -0.485. The summed E-state index contributed by atoms with van der Waals surface area (Å²) in [6, 6.07) is 14.0. The molecule has 0 saturated heterocycles. The minimum Gasteiger partial charge on any atom is -0.494 e. The molecule has 0 radical (unpaired) electrons. The lowest BCUT2D eigenvalue weighted by Crippen LogP contribution is -2.27. The molecule has 0 unspecified atom stereocenters. The van der Waals surface area contributed by atoms with Crippen LogP contribution in [0.3, 0.4) is 0 Å². The van der Waals surface area contributed by atoms with Crippen LogP contribution in [0.5, 0.6) is 5.75 Å². The lowest BCUT2D eigenvalue weighted by atomic mass is 9.95. The predicted molar refractivity (Wildman–Crippen MR) is 100 cm³/mol. The van der Waals surface area contributed by atoms with Crippen molar-refractivity contribution in [3.63, 3.8) is 0 Å². The summed E-state index contributed by atoms with van der Waals surface area (Å²) in [5.74, 6) is 0.427. The van der Waals surface area contributed by atoms with E-state index in [9.17, 15) is 9.59 Å². The Hall–Kier alpha value is -2.82. The average Bonchev–Trinajstić information content (AvgIpc) is 2.55. The molecule has 2 N–H and O–H groups in total. The third-order valence-electron chi connectivity index (χ3n) is 3.49. The van der Waals surface area contributed by atoms with Gasteiger partial charge in [-0.3, -0.25) is 9.59 Å². The molecule has 0 bridgehead atoms. The van der Waals surface area contributed by atoms with E-state index in [2.05, 4.69) is 10.6 Å². The van der Waals surface area contributed by atoms with E-state index in [4.69, 9.17) is 4.74 Å². The van der Waals surface area contributed by atoms with Crippen LogP contribution in [0.4, 0.5) is 11.4 Å². The van der Waals surface area contributed by atoms with Crippen LogP contribution in [0.2, 0.25) is 0 Å². The third-order valence-corrected chi connectivity index (χ3v) is 3.49. The SMILES string of the molecule is CCOc1ccc(C(=O)Nc2cccc(NC(=O)C(C)(C)C)c2)cc1. The topological polar surface area (TPSA) is 67.4 Å². The van der Waals surface area contributed by atoms with Gasteiger partial charge in [0.15, 0.2) is 0 Å². The van der Waals surface area contributed by atoms with E-state index >= 15 is 0 Å². The van der Waals surface area contributed by atoms with E-state index < -0.39 is 5.41 Å². The molecule has 0 aromatic heterocycles. The van der Waals surface area contributed by atoms with E-state index in [0.717, 1.165) is 5.75 Å². The maximum absolute atomic E-state index is 12.3. The van der Waals surface area contributed by atoms with Gasteiger partial charge in [-0.05, 0) is 49.4 Å². The molecule has 0 heterocycles. The summed E-state index contributed by atoms with van der Waals surface area (Å²) in [4.78, 5) is 24.4. The van der Waals surface area contributed by atoms with Gasteiger partial charge in [0.1, 0.15) is 5.75 Å². The van der Waals surface area contributed by atoms with Gasteiger partial charge < -0.3 is 15.4 Å². The first-order chi connectivity index (χ1) is 11.8. The second-order valence-corrected chi connectivity index (χ2v) is 6.70. The molecule has 5 heteroatoms. The quantitative estimate of drug-likeness (QED) is 0.851. The van der Waals surface area contributed by atoms with Gasteiger partial charge in [-0.1, -0.05) is 26.8 Å². The number of nitrogens with one attached hydrogen (secondary N) is 2. The van der Waals surface area contributed by atoms with Gasteiger partial charge in [-0.2, -0.15) is 0 Å². The molecule has 0 spiro atoms. The second-order valence-electron chi connectivity index (χ2n) is 6.70. The van der Waals surface area contributed by atoms with Crippen molar-refractivity contribution in [1.29, 1.82) is 0 Å². The minimum absolute atomic E-state index is 0.0810. The van der Waals surface area contributed by atoms with Gasteiger partial charge in [0, 0.05) is 22.4 Å². The predicted octanol–water partition coefficient (Wildman–Crippen LogP) is 4.32. The van der Waals surface area contributed by atoms with Crippen molar-refractivity contribution in [2.45, 2.75) is 27.7 Å². The number of ether oxygens (including phenoxy) is 1. The molecule has 0 saturated carbocycles. The van der Waals surface area contributed by atoms with Gasteiger partial charge >= 0.3 is 0 Å². The number of amides is 2. The van der Waals surface area contributed by atoms with Gasteiger partial charge in [0.05, 0.1) is 6.61 Å². The summed E-state index contributed by atoms with van der Waals surface area (Å²) in [6.45, 7) is 8.03. The molecule has 2 rings (SSSR count). The van der Waals surface area contributed by atoms with Crippen molar-refractivity contribution in [2.75, 3.05) is 17.2 Å². The largest absolute Gasteiger partial charge is 0.494 e. The van der Waals surface area contributed by atoms with Crippen LogP contribution >= 0.6 is 0 Å². The number of rotatable bonds is 5. The van der Waals surface area contributed by atoms with E-state index in [1.54, 1.807) is 48.5 Å². The van der Waals surface area contributed by atoms with Gasteiger partial charge in [0.2, 0.25) is 5.91 Å². The van der Waals surface area contributed by atoms with Crippen molar-refractivity contribution < 1.29 is 14.3 Å². The Kier molecular flexibility index (Phi) is 5.80. The number of carbonyl (C=O) groups is 2. The molecule has 0 atom stereocenters. The first kappa shape index (κ1) is 18.5. The number of hydrogen-bond acceptors (Lipinski definition) is 3. The van der Waals surface area contributed by atoms with Crippen LogP contribution in [-0.4, -0.2) is 18.4 Å². The standard InChI is InChI=1S/C20H24N2O3/c1-5-25-17-11-9-14(10-12-17)18(23)21-15-7-6-8-16(13-15)22-19(24)20(2,3)4/h6-13H,5H2,1-4H3,(H,21,23)(H,22,24). The highest BCUT2D eigenvalue weighted by molar-refractivity contribution is 6.04. The lowest BCUT2D eigenvalue weighted by Gasteiger charge is -2.18. The molecule has 132 valence electrons. The maximum Gasteiger partial charge on any atom is 0.255 e. The Labute approximate surface area is 148 Å². The summed E-state index contributed by atoms with van der Waals surface area (Å²) in [5, 5.41) is 5.68. The van der Waals surface area contributed by atoms with Crippen LogP contribution in [-0.2, 0) is 4.79 Å².